The summed E-state index contributed by atoms with van der Waals surface area (Å²) in [7, 11) is 1.66. The number of amidine groups is 1. The first-order valence-electron chi connectivity index (χ1n) is 6.35. The van der Waals surface area contributed by atoms with Crippen molar-refractivity contribution >= 4 is 33.2 Å². The van der Waals surface area contributed by atoms with E-state index < -0.39 is 0 Å². The average molecular weight is 309 g/mol. The van der Waals surface area contributed by atoms with Gasteiger partial charge in [0.05, 0.1) is 4.88 Å². The number of nitrogens with two attached hydrogens (primary N) is 1. The van der Waals surface area contributed by atoms with Gasteiger partial charge in [-0.1, -0.05) is 11.2 Å². The van der Waals surface area contributed by atoms with Gasteiger partial charge in [0.2, 0.25) is 0 Å². The molecular weight excluding hydrogens is 293 g/mol. The van der Waals surface area contributed by atoms with Gasteiger partial charge in [-0.2, -0.15) is 0 Å². The van der Waals surface area contributed by atoms with Gasteiger partial charge in [0.25, 0.3) is 5.91 Å². The predicted octanol–water partition coefficient (Wildman–Crippen LogP) is 2.64. The Kier molecular flexibility index (Phi) is 4.42. The Bertz CT molecular complexity index is 699. The van der Waals surface area contributed by atoms with Gasteiger partial charge < -0.3 is 15.8 Å². The fraction of sp³-hybridized carbons (Fsp3) is 0.286. The second-order valence-electron chi connectivity index (χ2n) is 4.85. The number of carbonyl (C=O) groups excluding carboxylic acids is 1. The third kappa shape index (κ3) is 3.30. The van der Waals surface area contributed by atoms with Crippen LogP contribution in [0.25, 0.3) is 10.1 Å². The lowest BCUT2D eigenvalue weighted by atomic mass is 10.2. The van der Waals surface area contributed by atoms with Crippen LogP contribution in [-0.2, 0) is 0 Å². The van der Waals surface area contributed by atoms with Gasteiger partial charge in [-0.05, 0) is 30.5 Å². The number of rotatable bonds is 4. The van der Waals surface area contributed by atoms with Crippen LogP contribution in [0.3, 0.4) is 0 Å². The molecule has 1 atom stereocenters. The number of nitrogens with zero attached hydrogens (tertiary/aromatic N) is 2. The van der Waals surface area contributed by atoms with Gasteiger partial charge in [-0.15, -0.1) is 11.3 Å². The van der Waals surface area contributed by atoms with Crippen LogP contribution in [0.2, 0.25) is 0 Å². The van der Waals surface area contributed by atoms with E-state index in [0.29, 0.717) is 4.88 Å². The number of fused-ring (bicyclic) bond motifs is 1. The maximum Gasteiger partial charge on any atom is 0.263 e. The number of thiophene rings is 1. The van der Waals surface area contributed by atoms with Gasteiger partial charge in [0.15, 0.2) is 0 Å². The molecule has 3 N–H and O–H groups in total. The van der Waals surface area contributed by atoms with E-state index in [4.69, 9.17) is 10.9 Å². The molecule has 21 heavy (non-hydrogen) atoms. The van der Waals surface area contributed by atoms with Crippen LogP contribution >= 0.6 is 11.3 Å². The largest absolute Gasteiger partial charge is 0.409 e. The fourth-order valence-electron chi connectivity index (χ4n) is 1.96. The van der Waals surface area contributed by atoms with E-state index in [2.05, 4.69) is 5.16 Å². The molecule has 1 heterocycles. The summed E-state index contributed by atoms with van der Waals surface area (Å²) in [4.78, 5) is 14.5. The SMILES string of the molecule is CC(C/C(N)=N/O)N(C)C(=O)c1cc2ccc(F)cc2s1. The lowest BCUT2D eigenvalue weighted by molar-refractivity contribution is 0.0752. The Hall–Kier alpha value is -2.15. The quantitative estimate of drug-likeness (QED) is 0.394. The third-order valence-corrected chi connectivity index (χ3v) is 4.39. The summed E-state index contributed by atoms with van der Waals surface area (Å²) < 4.78 is 13.9. The molecule has 112 valence electrons. The molecule has 7 heteroatoms. The summed E-state index contributed by atoms with van der Waals surface area (Å²) >= 11 is 1.25. The van der Waals surface area contributed by atoms with Crippen molar-refractivity contribution in [1.82, 2.24) is 4.90 Å². The maximum absolute atomic E-state index is 13.2. The van der Waals surface area contributed by atoms with Gasteiger partial charge in [-0.25, -0.2) is 4.39 Å². The molecular formula is C14H16FN3O2S. The number of oxime groups is 1. The van der Waals surface area contributed by atoms with Crippen molar-refractivity contribution in [1.29, 1.82) is 0 Å². The van der Waals surface area contributed by atoms with Crippen LogP contribution in [0, 0.1) is 5.82 Å². The van der Waals surface area contributed by atoms with Crippen molar-refractivity contribution < 1.29 is 14.4 Å². The molecule has 1 amide bonds. The van der Waals surface area contributed by atoms with Crippen LogP contribution in [0.4, 0.5) is 4.39 Å². The van der Waals surface area contributed by atoms with Crippen LogP contribution in [0.5, 0.6) is 0 Å². The van der Waals surface area contributed by atoms with E-state index in [1.807, 2.05) is 6.92 Å². The van der Waals surface area contributed by atoms with E-state index in [1.165, 1.54) is 28.4 Å². The van der Waals surface area contributed by atoms with Gasteiger partial charge in [-0.3, -0.25) is 4.79 Å². The number of carbonyl (C=O) groups is 1. The van der Waals surface area contributed by atoms with Crippen molar-refractivity contribution in [3.8, 4) is 0 Å². The van der Waals surface area contributed by atoms with Gasteiger partial charge >= 0.3 is 0 Å². The number of hydrogen-bond acceptors (Lipinski definition) is 4. The van der Waals surface area contributed by atoms with E-state index >= 15 is 0 Å². The second-order valence-corrected chi connectivity index (χ2v) is 5.94. The average Bonchev–Trinajstić information content (AvgIpc) is 2.88. The fourth-order valence-corrected chi connectivity index (χ4v) is 3.04. The minimum atomic E-state index is -0.322. The molecule has 0 aliphatic rings. The zero-order valence-corrected chi connectivity index (χ0v) is 12.5. The Morgan fingerprint density at radius 2 is 2.24 bits per heavy atom. The molecule has 0 saturated heterocycles. The molecule has 0 aliphatic heterocycles. The zero-order valence-electron chi connectivity index (χ0n) is 11.7. The molecule has 0 radical (unpaired) electrons. The summed E-state index contributed by atoms with van der Waals surface area (Å²) in [5.74, 6) is -0.424. The summed E-state index contributed by atoms with van der Waals surface area (Å²) in [5.41, 5.74) is 5.45. The molecule has 0 saturated carbocycles. The first kappa shape index (κ1) is 15.2. The smallest absolute Gasteiger partial charge is 0.263 e. The van der Waals surface area contributed by atoms with Crippen LogP contribution in [0.15, 0.2) is 29.4 Å². The van der Waals surface area contributed by atoms with Crippen LogP contribution < -0.4 is 5.73 Å². The Balaban J connectivity index is 2.21. The first-order valence-corrected chi connectivity index (χ1v) is 7.16. The van der Waals surface area contributed by atoms with Crippen molar-refractivity contribution in [3.05, 3.63) is 35.0 Å². The molecule has 1 unspecified atom stereocenters. The van der Waals surface area contributed by atoms with Crippen LogP contribution in [0.1, 0.15) is 23.0 Å². The molecule has 2 aromatic rings. The molecule has 5 nitrogen and oxygen atoms in total. The molecule has 2 rings (SSSR count). The lowest BCUT2D eigenvalue weighted by Gasteiger charge is -2.23. The molecule has 0 aliphatic carbocycles. The number of benzene rings is 1. The number of hydrogen-bond donors (Lipinski definition) is 2. The molecule has 1 aromatic heterocycles. The monoisotopic (exact) mass is 309 g/mol. The normalized spacial score (nSPS) is 13.4. The van der Waals surface area contributed by atoms with Crippen LogP contribution in [-0.4, -0.2) is 34.9 Å². The molecule has 1 aromatic carbocycles. The van der Waals surface area contributed by atoms with Gasteiger partial charge in [0, 0.05) is 24.2 Å². The summed E-state index contributed by atoms with van der Waals surface area (Å²) in [6.07, 6.45) is 0.276. The third-order valence-electron chi connectivity index (χ3n) is 3.31. The van der Waals surface area contributed by atoms with Crippen molar-refractivity contribution in [2.75, 3.05) is 7.05 Å². The van der Waals surface area contributed by atoms with Gasteiger partial charge in [0.1, 0.15) is 11.7 Å². The Morgan fingerprint density at radius 3 is 2.90 bits per heavy atom. The predicted molar refractivity (Wildman–Crippen MR) is 81.4 cm³/mol. The highest BCUT2D eigenvalue weighted by molar-refractivity contribution is 7.20. The topological polar surface area (TPSA) is 78.9 Å². The second kappa shape index (κ2) is 6.09. The lowest BCUT2D eigenvalue weighted by Crippen LogP contribution is -2.37. The van der Waals surface area contributed by atoms with E-state index in [0.717, 1.165) is 10.1 Å². The summed E-state index contributed by atoms with van der Waals surface area (Å²) in [5, 5.41) is 12.3. The standard InChI is InChI=1S/C14H16FN3O2S/c1-8(5-13(16)17-20)18(2)14(19)12-6-9-3-4-10(15)7-11(9)21-12/h3-4,6-8,20H,5H2,1-2H3,(H2,16,17). The molecule has 0 fully saturated rings. The number of halogens is 1. The van der Waals surface area contributed by atoms with E-state index in [9.17, 15) is 9.18 Å². The van der Waals surface area contributed by atoms with Crippen molar-refractivity contribution in [2.45, 2.75) is 19.4 Å². The van der Waals surface area contributed by atoms with Crippen molar-refractivity contribution in [3.63, 3.8) is 0 Å². The Labute approximate surface area is 125 Å². The summed E-state index contributed by atoms with van der Waals surface area (Å²) in [6.45, 7) is 1.81. The Morgan fingerprint density at radius 1 is 1.52 bits per heavy atom. The zero-order chi connectivity index (χ0) is 15.6. The summed E-state index contributed by atoms with van der Waals surface area (Å²) in [6, 6.07) is 5.96. The van der Waals surface area contributed by atoms with E-state index in [1.54, 1.807) is 19.2 Å². The highest BCUT2D eigenvalue weighted by Gasteiger charge is 2.20. The number of amides is 1. The molecule has 0 bridgehead atoms. The minimum Gasteiger partial charge on any atom is -0.409 e. The first-order chi connectivity index (χ1) is 9.92. The van der Waals surface area contributed by atoms with E-state index in [-0.39, 0.29) is 30.0 Å². The maximum atomic E-state index is 13.2. The minimum absolute atomic E-state index is 0.0700. The highest BCUT2D eigenvalue weighted by Crippen LogP contribution is 2.27. The van der Waals surface area contributed by atoms with Crippen molar-refractivity contribution in [2.24, 2.45) is 10.9 Å². The molecule has 0 spiro atoms. The highest BCUT2D eigenvalue weighted by atomic mass is 32.1.